The first kappa shape index (κ1) is 13.9. The van der Waals surface area contributed by atoms with Crippen molar-refractivity contribution in [3.8, 4) is 5.75 Å². The van der Waals surface area contributed by atoms with Crippen LogP contribution in [0.1, 0.15) is 46.5 Å². The van der Waals surface area contributed by atoms with Crippen LogP contribution in [-0.2, 0) is 0 Å². The maximum atomic E-state index is 9.62. The van der Waals surface area contributed by atoms with Crippen LogP contribution in [0.5, 0.6) is 5.75 Å². The van der Waals surface area contributed by atoms with Crippen LogP contribution in [-0.4, -0.2) is 11.7 Å². The molecule has 0 heterocycles. The lowest BCUT2D eigenvalue weighted by Crippen LogP contribution is -2.16. The molecule has 0 bridgehead atoms. The number of phenols is 1. The average Bonchev–Trinajstić information content (AvgIpc) is 2.29. The molecule has 0 atom stereocenters. The number of rotatable bonds is 7. The van der Waals surface area contributed by atoms with Crippen LogP contribution in [0.4, 0.5) is 5.69 Å². The van der Waals surface area contributed by atoms with Crippen molar-refractivity contribution in [2.75, 3.05) is 11.9 Å². The molecule has 1 aromatic carbocycles. The monoisotopic (exact) mass is 235 g/mol. The third-order valence-electron chi connectivity index (χ3n) is 3.23. The van der Waals surface area contributed by atoms with Crippen LogP contribution >= 0.6 is 0 Å². The second-order valence-corrected chi connectivity index (χ2v) is 5.46. The van der Waals surface area contributed by atoms with Gasteiger partial charge in [-0.1, -0.05) is 45.7 Å². The lowest BCUT2D eigenvalue weighted by atomic mass is 9.84. The molecule has 1 aromatic rings. The van der Waals surface area contributed by atoms with E-state index in [0.717, 1.165) is 18.7 Å². The molecule has 0 unspecified atom stereocenters. The van der Waals surface area contributed by atoms with Gasteiger partial charge < -0.3 is 10.4 Å². The van der Waals surface area contributed by atoms with Crippen LogP contribution in [0.25, 0.3) is 0 Å². The Hall–Kier alpha value is -1.18. The summed E-state index contributed by atoms with van der Waals surface area (Å²) in [5, 5.41) is 12.9. The number of hydrogen-bond acceptors (Lipinski definition) is 2. The largest absolute Gasteiger partial charge is 0.506 e. The normalized spacial score (nSPS) is 11.5. The first-order valence-corrected chi connectivity index (χ1v) is 6.57. The molecule has 17 heavy (non-hydrogen) atoms. The molecule has 0 aliphatic heterocycles. The number of nitrogens with one attached hydrogen (secondary N) is 1. The van der Waals surface area contributed by atoms with E-state index in [1.165, 1.54) is 19.3 Å². The van der Waals surface area contributed by atoms with Crippen LogP contribution in [0.15, 0.2) is 24.3 Å². The number of anilines is 1. The molecule has 0 spiro atoms. The zero-order valence-corrected chi connectivity index (χ0v) is 11.3. The van der Waals surface area contributed by atoms with Gasteiger partial charge in [0, 0.05) is 6.54 Å². The highest BCUT2D eigenvalue weighted by molar-refractivity contribution is 5.55. The summed E-state index contributed by atoms with van der Waals surface area (Å²) in [6.45, 7) is 7.77. The number of unbranched alkanes of at least 4 members (excludes halogenated alkanes) is 1. The maximum absolute atomic E-state index is 9.62. The van der Waals surface area contributed by atoms with Crippen LogP contribution in [0.2, 0.25) is 0 Å². The van der Waals surface area contributed by atoms with Crippen molar-refractivity contribution < 1.29 is 5.11 Å². The molecule has 2 nitrogen and oxygen atoms in total. The first-order valence-electron chi connectivity index (χ1n) is 6.57. The van der Waals surface area contributed by atoms with E-state index in [4.69, 9.17) is 0 Å². The van der Waals surface area contributed by atoms with Gasteiger partial charge >= 0.3 is 0 Å². The van der Waals surface area contributed by atoms with E-state index < -0.39 is 0 Å². The van der Waals surface area contributed by atoms with Crippen molar-refractivity contribution in [3.05, 3.63) is 24.3 Å². The fourth-order valence-electron chi connectivity index (χ4n) is 1.94. The summed E-state index contributed by atoms with van der Waals surface area (Å²) in [6, 6.07) is 7.40. The molecule has 96 valence electrons. The van der Waals surface area contributed by atoms with Crippen molar-refractivity contribution in [2.45, 2.75) is 46.5 Å². The molecule has 0 amide bonds. The van der Waals surface area contributed by atoms with Gasteiger partial charge in [-0.2, -0.15) is 0 Å². The fourth-order valence-corrected chi connectivity index (χ4v) is 1.94. The fraction of sp³-hybridized carbons (Fsp3) is 0.600. The van der Waals surface area contributed by atoms with Crippen LogP contribution < -0.4 is 5.32 Å². The molecule has 0 fully saturated rings. The summed E-state index contributed by atoms with van der Waals surface area (Å²) in [7, 11) is 0. The second kappa shape index (κ2) is 6.53. The topological polar surface area (TPSA) is 32.3 Å². The van der Waals surface area contributed by atoms with E-state index >= 15 is 0 Å². The molecule has 0 saturated heterocycles. The van der Waals surface area contributed by atoms with Crippen molar-refractivity contribution in [1.82, 2.24) is 0 Å². The summed E-state index contributed by atoms with van der Waals surface area (Å²) in [5.41, 5.74) is 1.21. The van der Waals surface area contributed by atoms with E-state index in [1.807, 2.05) is 18.2 Å². The Labute approximate surface area is 105 Å². The predicted molar refractivity (Wildman–Crippen MR) is 74.5 cm³/mol. The van der Waals surface area contributed by atoms with Gasteiger partial charge in [-0.15, -0.1) is 0 Å². The van der Waals surface area contributed by atoms with E-state index in [1.54, 1.807) is 6.07 Å². The highest BCUT2D eigenvalue weighted by atomic mass is 16.3. The number of hydrogen-bond donors (Lipinski definition) is 2. The molecular formula is C15H25NO. The Bertz CT molecular complexity index is 333. The predicted octanol–water partition coefficient (Wildman–Crippen LogP) is 4.41. The molecule has 1 rings (SSSR count). The van der Waals surface area contributed by atoms with Gasteiger partial charge in [-0.3, -0.25) is 0 Å². The van der Waals surface area contributed by atoms with Crippen LogP contribution in [0, 0.1) is 5.41 Å². The van der Waals surface area contributed by atoms with Gasteiger partial charge in [0.05, 0.1) is 5.69 Å². The standard InChI is InChI=1S/C15H25NO/c1-4-5-10-15(2,3)11-12-16-13-8-6-7-9-14(13)17/h6-9,16-17H,4-5,10-12H2,1-3H3. The van der Waals surface area contributed by atoms with Crippen molar-refractivity contribution in [3.63, 3.8) is 0 Å². The van der Waals surface area contributed by atoms with Gasteiger partial charge in [0.25, 0.3) is 0 Å². The summed E-state index contributed by atoms with van der Waals surface area (Å²) in [5.74, 6) is 0.332. The van der Waals surface area contributed by atoms with Crippen molar-refractivity contribution in [2.24, 2.45) is 5.41 Å². The number of phenolic OH excluding ortho intramolecular Hbond substituents is 1. The SMILES string of the molecule is CCCCC(C)(C)CCNc1ccccc1O. The number of aromatic hydroxyl groups is 1. The third-order valence-corrected chi connectivity index (χ3v) is 3.23. The third kappa shape index (κ3) is 5.12. The average molecular weight is 235 g/mol. The van der Waals surface area contributed by atoms with Crippen molar-refractivity contribution in [1.29, 1.82) is 0 Å². The summed E-state index contributed by atoms with van der Waals surface area (Å²) in [4.78, 5) is 0. The highest BCUT2D eigenvalue weighted by Crippen LogP contribution is 2.28. The molecule has 0 saturated carbocycles. The minimum Gasteiger partial charge on any atom is -0.506 e. The van der Waals surface area contributed by atoms with Gasteiger partial charge in [0.2, 0.25) is 0 Å². The Balaban J connectivity index is 2.35. The van der Waals surface area contributed by atoms with E-state index in [9.17, 15) is 5.11 Å². The Morgan fingerprint density at radius 3 is 2.53 bits per heavy atom. The molecular weight excluding hydrogens is 210 g/mol. The second-order valence-electron chi connectivity index (χ2n) is 5.46. The number of para-hydroxylation sites is 2. The maximum Gasteiger partial charge on any atom is 0.138 e. The van der Waals surface area contributed by atoms with E-state index in [-0.39, 0.29) is 0 Å². The molecule has 0 aliphatic rings. The Kier molecular flexibility index (Phi) is 5.33. The van der Waals surface area contributed by atoms with Crippen molar-refractivity contribution >= 4 is 5.69 Å². The quantitative estimate of drug-likeness (QED) is 0.686. The van der Waals surface area contributed by atoms with Gasteiger partial charge in [-0.05, 0) is 30.4 Å². The molecule has 2 heteroatoms. The first-order chi connectivity index (χ1) is 8.05. The summed E-state index contributed by atoms with van der Waals surface area (Å²) < 4.78 is 0. The van der Waals surface area contributed by atoms with Gasteiger partial charge in [-0.25, -0.2) is 0 Å². The van der Waals surface area contributed by atoms with Gasteiger partial charge in [0.1, 0.15) is 5.75 Å². The number of benzene rings is 1. The zero-order chi connectivity index (χ0) is 12.7. The summed E-state index contributed by atoms with van der Waals surface area (Å²) in [6.07, 6.45) is 4.95. The van der Waals surface area contributed by atoms with Crippen LogP contribution in [0.3, 0.4) is 0 Å². The molecule has 0 aromatic heterocycles. The minimum absolute atomic E-state index is 0.332. The molecule has 0 aliphatic carbocycles. The minimum atomic E-state index is 0.332. The zero-order valence-electron chi connectivity index (χ0n) is 11.3. The highest BCUT2D eigenvalue weighted by Gasteiger charge is 2.16. The Morgan fingerprint density at radius 1 is 1.18 bits per heavy atom. The van der Waals surface area contributed by atoms with Gasteiger partial charge in [0.15, 0.2) is 0 Å². The smallest absolute Gasteiger partial charge is 0.138 e. The summed E-state index contributed by atoms with van der Waals surface area (Å²) >= 11 is 0. The Morgan fingerprint density at radius 2 is 1.88 bits per heavy atom. The lowest BCUT2D eigenvalue weighted by molar-refractivity contribution is 0.306. The molecule has 0 radical (unpaired) electrons. The van der Waals surface area contributed by atoms with E-state index in [2.05, 4.69) is 26.1 Å². The van der Waals surface area contributed by atoms with E-state index in [0.29, 0.717) is 11.2 Å². The lowest BCUT2D eigenvalue weighted by Gasteiger charge is -2.24. The molecule has 2 N–H and O–H groups in total.